The smallest absolute Gasteiger partial charge is 0.244 e. The molecule has 1 aliphatic heterocycles. The Morgan fingerprint density at radius 1 is 1.45 bits per heavy atom. The van der Waals surface area contributed by atoms with Gasteiger partial charge in [-0.2, -0.15) is 0 Å². The Morgan fingerprint density at radius 2 is 2.25 bits per heavy atom. The third kappa shape index (κ3) is 3.82. The molecular formula is C13H22N2O4S. The van der Waals surface area contributed by atoms with E-state index in [9.17, 15) is 8.42 Å². The summed E-state index contributed by atoms with van der Waals surface area (Å²) < 4.78 is 37.9. The summed E-state index contributed by atoms with van der Waals surface area (Å²) in [6, 6.07) is 1.59. The fourth-order valence-electron chi connectivity index (χ4n) is 2.18. The van der Waals surface area contributed by atoms with Gasteiger partial charge < -0.3 is 14.5 Å². The highest BCUT2D eigenvalue weighted by Crippen LogP contribution is 2.20. The fourth-order valence-corrected chi connectivity index (χ4v) is 3.49. The molecule has 2 rings (SSSR count). The van der Waals surface area contributed by atoms with Gasteiger partial charge in [-0.15, -0.1) is 0 Å². The average Bonchev–Trinajstić information content (AvgIpc) is 3.03. The van der Waals surface area contributed by atoms with Gasteiger partial charge in [-0.3, -0.25) is 0 Å². The van der Waals surface area contributed by atoms with Gasteiger partial charge in [0.05, 0.1) is 13.2 Å². The van der Waals surface area contributed by atoms with Crippen molar-refractivity contribution in [1.29, 1.82) is 0 Å². The Bertz CT molecular complexity index is 533. The number of aryl methyl sites for hydroxylation is 1. The maximum absolute atomic E-state index is 12.3. The van der Waals surface area contributed by atoms with Crippen LogP contribution < -0.4 is 10.0 Å². The molecule has 1 aliphatic rings. The van der Waals surface area contributed by atoms with E-state index in [1.54, 1.807) is 13.0 Å². The molecule has 1 atom stereocenters. The van der Waals surface area contributed by atoms with Crippen molar-refractivity contribution in [2.45, 2.75) is 31.7 Å². The van der Waals surface area contributed by atoms with Gasteiger partial charge in [0.1, 0.15) is 16.4 Å². The van der Waals surface area contributed by atoms with Crippen molar-refractivity contribution in [3.05, 3.63) is 17.6 Å². The van der Waals surface area contributed by atoms with E-state index in [1.807, 2.05) is 6.92 Å². The summed E-state index contributed by atoms with van der Waals surface area (Å²) in [4.78, 5) is 0.226. The van der Waals surface area contributed by atoms with Gasteiger partial charge >= 0.3 is 0 Å². The van der Waals surface area contributed by atoms with E-state index in [1.165, 1.54) is 0 Å². The third-order valence-electron chi connectivity index (χ3n) is 3.35. The van der Waals surface area contributed by atoms with Crippen LogP contribution >= 0.6 is 0 Å². The van der Waals surface area contributed by atoms with E-state index in [-0.39, 0.29) is 10.8 Å². The molecular weight excluding hydrogens is 280 g/mol. The van der Waals surface area contributed by atoms with Crippen LogP contribution in [0.15, 0.2) is 15.4 Å². The minimum absolute atomic E-state index is 0.226. The number of hydrogen-bond acceptors (Lipinski definition) is 5. The Morgan fingerprint density at radius 3 is 2.90 bits per heavy atom. The zero-order valence-corrected chi connectivity index (χ0v) is 12.8. The van der Waals surface area contributed by atoms with Crippen molar-refractivity contribution in [3.63, 3.8) is 0 Å². The molecule has 0 spiro atoms. The second-order valence-corrected chi connectivity index (χ2v) is 6.73. The van der Waals surface area contributed by atoms with Gasteiger partial charge in [-0.1, -0.05) is 6.92 Å². The van der Waals surface area contributed by atoms with Crippen LogP contribution in [0, 0.1) is 12.8 Å². The molecule has 6 nitrogen and oxygen atoms in total. The Balaban J connectivity index is 2.02. The van der Waals surface area contributed by atoms with Gasteiger partial charge in [0.2, 0.25) is 10.0 Å². The van der Waals surface area contributed by atoms with E-state index >= 15 is 0 Å². The summed E-state index contributed by atoms with van der Waals surface area (Å²) in [5.74, 6) is 1.32. The molecule has 0 amide bonds. The van der Waals surface area contributed by atoms with Crippen LogP contribution in [0.1, 0.15) is 24.9 Å². The van der Waals surface area contributed by atoms with Crippen LogP contribution in [0.25, 0.3) is 0 Å². The Kier molecular flexibility index (Phi) is 5.20. The molecule has 1 fully saturated rings. The molecule has 1 aromatic heterocycles. The molecule has 2 N–H and O–H groups in total. The summed E-state index contributed by atoms with van der Waals surface area (Å²) in [6.07, 6.45) is 0.901. The van der Waals surface area contributed by atoms with Crippen LogP contribution in [0.4, 0.5) is 0 Å². The number of rotatable bonds is 7. The van der Waals surface area contributed by atoms with Gasteiger partial charge in [-0.25, -0.2) is 13.1 Å². The quantitative estimate of drug-likeness (QED) is 0.786. The van der Waals surface area contributed by atoms with Gasteiger partial charge in [0.15, 0.2) is 0 Å². The maximum Gasteiger partial charge on any atom is 0.244 e. The van der Waals surface area contributed by atoms with Crippen LogP contribution in [0.2, 0.25) is 0 Å². The SMILES string of the molecule is CCNCc1cc(S(=O)(=O)NCC2CCOC2)c(C)o1. The van der Waals surface area contributed by atoms with E-state index in [0.29, 0.717) is 37.8 Å². The Labute approximate surface area is 119 Å². The van der Waals surface area contributed by atoms with E-state index in [0.717, 1.165) is 13.0 Å². The van der Waals surface area contributed by atoms with Crippen LogP contribution in [0.3, 0.4) is 0 Å². The predicted octanol–water partition coefficient (Wildman–Crippen LogP) is 1.01. The summed E-state index contributed by atoms with van der Waals surface area (Å²) in [5.41, 5.74) is 0. The molecule has 1 saturated heterocycles. The molecule has 0 radical (unpaired) electrons. The molecule has 114 valence electrons. The van der Waals surface area contributed by atoms with Crippen LogP contribution in [-0.2, 0) is 21.3 Å². The highest BCUT2D eigenvalue weighted by Gasteiger charge is 2.24. The van der Waals surface area contributed by atoms with Crippen molar-refractivity contribution in [2.24, 2.45) is 5.92 Å². The van der Waals surface area contributed by atoms with Gasteiger partial charge in [0.25, 0.3) is 0 Å². The lowest BCUT2D eigenvalue weighted by molar-refractivity contribution is 0.186. The predicted molar refractivity (Wildman–Crippen MR) is 74.9 cm³/mol. The zero-order valence-electron chi connectivity index (χ0n) is 11.9. The third-order valence-corrected chi connectivity index (χ3v) is 4.88. The molecule has 1 aromatic rings. The largest absolute Gasteiger partial charge is 0.464 e. The molecule has 0 aliphatic carbocycles. The first kappa shape index (κ1) is 15.5. The highest BCUT2D eigenvalue weighted by molar-refractivity contribution is 7.89. The number of hydrogen-bond donors (Lipinski definition) is 2. The van der Waals surface area contributed by atoms with Gasteiger partial charge in [-0.05, 0) is 25.8 Å². The number of ether oxygens (including phenoxy) is 1. The molecule has 2 heterocycles. The zero-order chi connectivity index (χ0) is 14.6. The lowest BCUT2D eigenvalue weighted by Crippen LogP contribution is -2.29. The number of sulfonamides is 1. The highest BCUT2D eigenvalue weighted by atomic mass is 32.2. The van der Waals surface area contributed by atoms with E-state index in [4.69, 9.17) is 9.15 Å². The summed E-state index contributed by atoms with van der Waals surface area (Å²) in [5, 5.41) is 3.11. The molecule has 1 unspecified atom stereocenters. The number of furan rings is 1. The van der Waals surface area contributed by atoms with Crippen molar-refractivity contribution < 1.29 is 17.6 Å². The number of nitrogens with one attached hydrogen (secondary N) is 2. The van der Waals surface area contributed by atoms with Crippen molar-refractivity contribution in [1.82, 2.24) is 10.0 Å². The lowest BCUT2D eigenvalue weighted by atomic mass is 10.1. The van der Waals surface area contributed by atoms with Crippen molar-refractivity contribution in [2.75, 3.05) is 26.3 Å². The van der Waals surface area contributed by atoms with E-state index in [2.05, 4.69) is 10.0 Å². The van der Waals surface area contributed by atoms with Crippen molar-refractivity contribution >= 4 is 10.0 Å². The first-order valence-electron chi connectivity index (χ1n) is 6.90. The lowest BCUT2D eigenvalue weighted by Gasteiger charge is -2.09. The van der Waals surface area contributed by atoms with Gasteiger partial charge in [0, 0.05) is 19.2 Å². The average molecular weight is 302 g/mol. The summed E-state index contributed by atoms with van der Waals surface area (Å²) in [7, 11) is -3.51. The van der Waals surface area contributed by atoms with E-state index < -0.39 is 10.0 Å². The van der Waals surface area contributed by atoms with Crippen molar-refractivity contribution in [3.8, 4) is 0 Å². The summed E-state index contributed by atoms with van der Waals surface area (Å²) >= 11 is 0. The monoisotopic (exact) mass is 302 g/mol. The minimum atomic E-state index is -3.51. The normalized spacial score (nSPS) is 19.6. The molecule has 7 heteroatoms. The fraction of sp³-hybridized carbons (Fsp3) is 0.692. The second-order valence-electron chi connectivity index (χ2n) is 4.99. The molecule has 0 saturated carbocycles. The van der Waals surface area contributed by atoms with Crippen LogP contribution in [-0.4, -0.2) is 34.7 Å². The maximum atomic E-state index is 12.3. The standard InChI is InChI=1S/C13H22N2O4S/c1-3-14-8-12-6-13(10(2)19-12)20(16,17)15-7-11-4-5-18-9-11/h6,11,14-15H,3-5,7-9H2,1-2H3. The Hall–Kier alpha value is -0.890. The first-order chi connectivity index (χ1) is 9.53. The molecule has 0 aromatic carbocycles. The van der Waals surface area contributed by atoms with Crippen LogP contribution in [0.5, 0.6) is 0 Å². The topological polar surface area (TPSA) is 80.6 Å². The summed E-state index contributed by atoms with van der Waals surface area (Å²) in [6.45, 7) is 6.74. The second kappa shape index (κ2) is 6.71. The molecule has 20 heavy (non-hydrogen) atoms. The molecule has 0 bridgehead atoms. The first-order valence-corrected chi connectivity index (χ1v) is 8.38. The minimum Gasteiger partial charge on any atom is -0.464 e.